The number of carbonyl (C=O) groups excluding carboxylic acids is 1. The number of nitrogens with zero attached hydrogens (tertiary/aromatic N) is 1. The van der Waals surface area contributed by atoms with Crippen molar-refractivity contribution in [3.63, 3.8) is 0 Å². The Labute approximate surface area is 87.2 Å². The van der Waals surface area contributed by atoms with Crippen molar-refractivity contribution in [1.29, 1.82) is 0 Å². The van der Waals surface area contributed by atoms with Crippen LogP contribution in [-0.4, -0.2) is 33.6 Å². The molecule has 1 amide bonds. The van der Waals surface area contributed by atoms with Gasteiger partial charge in [-0.05, 0) is 0 Å². The SMILES string of the molecule is C=C(O)C(Cc1cnc[nH]1)NC(=O)CN. The zero-order valence-electron chi connectivity index (χ0n) is 8.23. The van der Waals surface area contributed by atoms with Gasteiger partial charge in [0.05, 0.1) is 18.9 Å². The molecule has 1 atom stereocenters. The van der Waals surface area contributed by atoms with Gasteiger partial charge in [0.2, 0.25) is 5.91 Å². The van der Waals surface area contributed by atoms with Gasteiger partial charge in [0.25, 0.3) is 0 Å². The van der Waals surface area contributed by atoms with Crippen molar-refractivity contribution in [2.24, 2.45) is 5.73 Å². The molecule has 5 N–H and O–H groups in total. The molecule has 0 aliphatic rings. The average molecular weight is 210 g/mol. The van der Waals surface area contributed by atoms with E-state index in [0.29, 0.717) is 6.42 Å². The third-order valence-electron chi connectivity index (χ3n) is 1.90. The summed E-state index contributed by atoms with van der Waals surface area (Å²) in [5, 5.41) is 11.8. The topological polar surface area (TPSA) is 104 Å². The Morgan fingerprint density at radius 2 is 2.53 bits per heavy atom. The summed E-state index contributed by atoms with van der Waals surface area (Å²) in [6.45, 7) is 3.27. The van der Waals surface area contributed by atoms with E-state index in [1.54, 1.807) is 6.20 Å². The van der Waals surface area contributed by atoms with Crippen molar-refractivity contribution >= 4 is 5.91 Å². The normalized spacial score (nSPS) is 12.1. The third-order valence-corrected chi connectivity index (χ3v) is 1.90. The van der Waals surface area contributed by atoms with Crippen LogP contribution in [0.25, 0.3) is 0 Å². The zero-order valence-corrected chi connectivity index (χ0v) is 8.23. The van der Waals surface area contributed by atoms with E-state index >= 15 is 0 Å². The predicted octanol–water partition coefficient (Wildman–Crippen LogP) is -0.533. The standard InChI is InChI=1S/C9H14N4O2/c1-6(14)8(13-9(15)3-10)2-7-4-11-5-12-7/h4-5,8,14H,1-3,10H2,(H,11,12)(H,13,15). The summed E-state index contributed by atoms with van der Waals surface area (Å²) in [5.41, 5.74) is 5.95. The summed E-state index contributed by atoms with van der Waals surface area (Å²) < 4.78 is 0. The number of imidazole rings is 1. The minimum absolute atomic E-state index is 0.105. The van der Waals surface area contributed by atoms with Gasteiger partial charge in [-0.1, -0.05) is 6.58 Å². The van der Waals surface area contributed by atoms with Crippen LogP contribution in [0.15, 0.2) is 24.9 Å². The lowest BCUT2D eigenvalue weighted by atomic mass is 10.1. The summed E-state index contributed by atoms with van der Waals surface area (Å²) in [6, 6.07) is -0.540. The van der Waals surface area contributed by atoms with Crippen molar-refractivity contribution in [1.82, 2.24) is 15.3 Å². The lowest BCUT2D eigenvalue weighted by Crippen LogP contribution is -2.41. The van der Waals surface area contributed by atoms with Crippen LogP contribution in [0.4, 0.5) is 0 Å². The van der Waals surface area contributed by atoms with Gasteiger partial charge in [0.15, 0.2) is 0 Å². The lowest BCUT2D eigenvalue weighted by Gasteiger charge is -2.15. The van der Waals surface area contributed by atoms with E-state index in [9.17, 15) is 9.90 Å². The maximum absolute atomic E-state index is 11.0. The molecule has 1 aromatic rings. The van der Waals surface area contributed by atoms with E-state index in [0.717, 1.165) is 5.69 Å². The zero-order chi connectivity index (χ0) is 11.3. The van der Waals surface area contributed by atoms with Crippen molar-refractivity contribution in [2.45, 2.75) is 12.5 Å². The molecule has 0 fully saturated rings. The van der Waals surface area contributed by atoms with E-state index in [2.05, 4.69) is 21.9 Å². The van der Waals surface area contributed by atoms with E-state index in [-0.39, 0.29) is 18.2 Å². The second kappa shape index (κ2) is 5.16. The van der Waals surface area contributed by atoms with Gasteiger partial charge in [-0.2, -0.15) is 0 Å². The molecule has 6 heteroatoms. The fourth-order valence-corrected chi connectivity index (χ4v) is 1.12. The molecular formula is C9H14N4O2. The minimum Gasteiger partial charge on any atom is -0.511 e. The first-order valence-corrected chi connectivity index (χ1v) is 4.48. The summed E-state index contributed by atoms with van der Waals surface area (Å²) in [4.78, 5) is 17.7. The van der Waals surface area contributed by atoms with E-state index in [1.165, 1.54) is 6.33 Å². The molecule has 0 aliphatic carbocycles. The van der Waals surface area contributed by atoms with Crippen LogP contribution in [0.2, 0.25) is 0 Å². The van der Waals surface area contributed by atoms with Crippen molar-refractivity contribution in [3.05, 3.63) is 30.6 Å². The Balaban J connectivity index is 2.59. The van der Waals surface area contributed by atoms with Crippen molar-refractivity contribution in [3.8, 4) is 0 Å². The van der Waals surface area contributed by atoms with Gasteiger partial charge in [-0.3, -0.25) is 4.79 Å². The first kappa shape index (κ1) is 11.3. The number of aromatic amines is 1. The van der Waals surface area contributed by atoms with E-state index < -0.39 is 6.04 Å². The Kier molecular flexibility index (Phi) is 3.87. The number of carbonyl (C=O) groups is 1. The molecule has 1 aromatic heterocycles. The van der Waals surface area contributed by atoms with Crippen LogP contribution in [-0.2, 0) is 11.2 Å². The number of nitrogens with two attached hydrogens (primary N) is 1. The van der Waals surface area contributed by atoms with E-state index in [1.807, 2.05) is 0 Å². The quantitative estimate of drug-likeness (QED) is 0.490. The molecule has 1 unspecified atom stereocenters. The highest BCUT2D eigenvalue weighted by atomic mass is 16.3. The predicted molar refractivity (Wildman–Crippen MR) is 55.0 cm³/mol. The molecule has 15 heavy (non-hydrogen) atoms. The number of rotatable bonds is 5. The van der Waals surface area contributed by atoms with Crippen LogP contribution in [0, 0.1) is 0 Å². The number of hydrogen-bond donors (Lipinski definition) is 4. The molecular weight excluding hydrogens is 196 g/mol. The van der Waals surface area contributed by atoms with E-state index in [4.69, 9.17) is 5.73 Å². The average Bonchev–Trinajstić information content (AvgIpc) is 2.69. The largest absolute Gasteiger partial charge is 0.511 e. The van der Waals surface area contributed by atoms with Crippen LogP contribution in [0.5, 0.6) is 0 Å². The summed E-state index contributed by atoms with van der Waals surface area (Å²) in [7, 11) is 0. The van der Waals surface area contributed by atoms with Crippen LogP contribution in [0.3, 0.4) is 0 Å². The molecule has 1 heterocycles. The number of aliphatic hydroxyl groups excluding tert-OH is 1. The number of hydrogen-bond acceptors (Lipinski definition) is 4. The Morgan fingerprint density at radius 3 is 3.00 bits per heavy atom. The maximum Gasteiger partial charge on any atom is 0.234 e. The Hall–Kier alpha value is -1.82. The highest BCUT2D eigenvalue weighted by Crippen LogP contribution is 2.03. The lowest BCUT2D eigenvalue weighted by molar-refractivity contribution is -0.120. The van der Waals surface area contributed by atoms with Crippen LogP contribution >= 0.6 is 0 Å². The Morgan fingerprint density at radius 1 is 1.80 bits per heavy atom. The summed E-state index contributed by atoms with van der Waals surface area (Å²) in [5.74, 6) is -0.443. The summed E-state index contributed by atoms with van der Waals surface area (Å²) >= 11 is 0. The van der Waals surface area contributed by atoms with Gasteiger partial charge in [-0.15, -0.1) is 0 Å². The number of nitrogens with one attached hydrogen (secondary N) is 2. The minimum atomic E-state index is -0.540. The molecule has 0 spiro atoms. The highest BCUT2D eigenvalue weighted by Gasteiger charge is 2.15. The number of aromatic nitrogens is 2. The van der Waals surface area contributed by atoms with Gasteiger partial charge >= 0.3 is 0 Å². The highest BCUT2D eigenvalue weighted by molar-refractivity contribution is 5.78. The van der Waals surface area contributed by atoms with Crippen molar-refractivity contribution < 1.29 is 9.90 Å². The summed E-state index contributed by atoms with van der Waals surface area (Å²) in [6.07, 6.45) is 3.54. The maximum atomic E-state index is 11.0. The molecule has 0 aliphatic heterocycles. The molecule has 0 aromatic carbocycles. The first-order valence-electron chi connectivity index (χ1n) is 4.48. The molecule has 0 saturated heterocycles. The molecule has 6 nitrogen and oxygen atoms in total. The van der Waals surface area contributed by atoms with Crippen molar-refractivity contribution in [2.75, 3.05) is 6.54 Å². The van der Waals surface area contributed by atoms with Gasteiger partial charge in [0.1, 0.15) is 5.76 Å². The molecule has 1 rings (SSSR count). The molecule has 82 valence electrons. The van der Waals surface area contributed by atoms with Gasteiger partial charge < -0.3 is 21.1 Å². The first-order chi connectivity index (χ1) is 7.13. The van der Waals surface area contributed by atoms with Gasteiger partial charge in [0, 0.05) is 18.3 Å². The van der Waals surface area contributed by atoms with Gasteiger partial charge in [-0.25, -0.2) is 4.98 Å². The molecule has 0 saturated carbocycles. The third kappa shape index (κ3) is 3.43. The smallest absolute Gasteiger partial charge is 0.234 e. The number of amides is 1. The number of aliphatic hydroxyl groups is 1. The fourth-order valence-electron chi connectivity index (χ4n) is 1.12. The second-order valence-corrected chi connectivity index (χ2v) is 3.10. The monoisotopic (exact) mass is 210 g/mol. The second-order valence-electron chi connectivity index (χ2n) is 3.10. The van der Waals surface area contributed by atoms with Crippen LogP contribution in [0.1, 0.15) is 5.69 Å². The van der Waals surface area contributed by atoms with Crippen LogP contribution < -0.4 is 11.1 Å². The fraction of sp³-hybridized carbons (Fsp3) is 0.333. The molecule has 0 bridgehead atoms. The number of H-pyrrole nitrogens is 1. The Bertz CT molecular complexity index is 334. The molecule has 0 radical (unpaired) electrons.